The maximum atomic E-state index is 3.99. The first-order valence-electron chi connectivity index (χ1n) is 3.18. The summed E-state index contributed by atoms with van der Waals surface area (Å²) in [6, 6.07) is 0. The van der Waals surface area contributed by atoms with Gasteiger partial charge in [-0.05, 0) is 6.08 Å². The maximum absolute atomic E-state index is 3.99. The van der Waals surface area contributed by atoms with Gasteiger partial charge in [0.2, 0.25) is 0 Å². The molecule has 2 heteroatoms. The first kappa shape index (κ1) is 6.81. The second-order valence-corrected chi connectivity index (χ2v) is 1.95. The summed E-state index contributed by atoms with van der Waals surface area (Å²) in [6.45, 7) is 3.63. The summed E-state index contributed by atoms with van der Waals surface area (Å²) in [7, 11) is 0. The van der Waals surface area contributed by atoms with Crippen molar-refractivity contribution >= 4 is 6.21 Å². The van der Waals surface area contributed by atoms with E-state index in [1.165, 1.54) is 0 Å². The van der Waals surface area contributed by atoms with Crippen LogP contribution in [0.3, 0.4) is 0 Å². The van der Waals surface area contributed by atoms with Crippen LogP contribution < -0.4 is 5.32 Å². The molecule has 0 saturated carbocycles. The number of rotatable bonds is 2. The van der Waals surface area contributed by atoms with Gasteiger partial charge in [-0.1, -0.05) is 6.08 Å². The van der Waals surface area contributed by atoms with Crippen molar-refractivity contribution in [3.05, 3.63) is 36.8 Å². The Hall–Kier alpha value is -1.31. The Balaban J connectivity index is 2.58. The Kier molecular flexibility index (Phi) is 2.49. The van der Waals surface area contributed by atoms with Gasteiger partial charge in [0, 0.05) is 30.7 Å². The lowest BCUT2D eigenvalue weighted by Crippen LogP contribution is -2.01. The molecule has 0 aromatic carbocycles. The van der Waals surface area contributed by atoms with E-state index in [1.807, 2.05) is 18.4 Å². The first-order chi connectivity index (χ1) is 4.93. The summed E-state index contributed by atoms with van der Waals surface area (Å²) in [5, 5.41) is 3.07. The van der Waals surface area contributed by atoms with Gasteiger partial charge in [-0.25, -0.2) is 0 Å². The minimum Gasteiger partial charge on any atom is -0.363 e. The van der Waals surface area contributed by atoms with Gasteiger partial charge in [0.15, 0.2) is 0 Å². The first-order valence-corrected chi connectivity index (χ1v) is 3.18. The van der Waals surface area contributed by atoms with E-state index >= 15 is 0 Å². The molecule has 0 aromatic rings. The number of nitrogens with zero attached hydrogens (tertiary/aromatic N) is 1. The van der Waals surface area contributed by atoms with Crippen molar-refractivity contribution in [1.82, 2.24) is 5.32 Å². The topological polar surface area (TPSA) is 24.4 Å². The van der Waals surface area contributed by atoms with E-state index in [-0.39, 0.29) is 0 Å². The molecule has 0 fully saturated rings. The quantitative estimate of drug-likeness (QED) is 0.570. The summed E-state index contributed by atoms with van der Waals surface area (Å²) >= 11 is 0. The van der Waals surface area contributed by atoms with Crippen LogP contribution in [0.1, 0.15) is 6.42 Å². The molecule has 0 spiro atoms. The molecule has 1 aliphatic heterocycles. The molecule has 0 aliphatic carbocycles. The highest BCUT2D eigenvalue weighted by molar-refractivity contribution is 5.72. The van der Waals surface area contributed by atoms with Gasteiger partial charge in [-0.2, -0.15) is 0 Å². The standard InChI is InChI=1S/C8H10N2/c1-2-4-8-7-9-5-3-6-10-8/h2-3,5-7,10H,1,4H2. The van der Waals surface area contributed by atoms with E-state index < -0.39 is 0 Å². The zero-order valence-corrected chi connectivity index (χ0v) is 5.75. The molecule has 0 amide bonds. The minimum atomic E-state index is 0.835. The Morgan fingerprint density at radius 2 is 2.60 bits per heavy atom. The van der Waals surface area contributed by atoms with Crippen molar-refractivity contribution in [3.63, 3.8) is 0 Å². The second-order valence-electron chi connectivity index (χ2n) is 1.95. The van der Waals surface area contributed by atoms with Gasteiger partial charge in [-0.15, -0.1) is 6.58 Å². The number of hydrogen-bond donors (Lipinski definition) is 1. The van der Waals surface area contributed by atoms with Crippen LogP contribution in [0.4, 0.5) is 0 Å². The number of hydrogen-bond acceptors (Lipinski definition) is 2. The lowest BCUT2D eigenvalue weighted by atomic mass is 10.3. The van der Waals surface area contributed by atoms with Crippen molar-refractivity contribution in [3.8, 4) is 0 Å². The van der Waals surface area contributed by atoms with Crippen LogP contribution in [0.25, 0.3) is 0 Å². The summed E-state index contributed by atoms with van der Waals surface area (Å²) in [5.41, 5.74) is 1.07. The Bertz CT molecular complexity index is 199. The monoisotopic (exact) mass is 134 g/mol. The summed E-state index contributed by atoms with van der Waals surface area (Å²) in [6.07, 6.45) is 9.92. The third kappa shape index (κ3) is 1.90. The predicted octanol–water partition coefficient (Wildman–Crippen LogP) is 1.59. The van der Waals surface area contributed by atoms with Crippen molar-refractivity contribution in [2.45, 2.75) is 6.42 Å². The van der Waals surface area contributed by atoms with E-state index in [9.17, 15) is 0 Å². The van der Waals surface area contributed by atoms with Crippen LogP contribution in [-0.4, -0.2) is 6.21 Å². The van der Waals surface area contributed by atoms with E-state index in [2.05, 4.69) is 16.9 Å². The van der Waals surface area contributed by atoms with Crippen LogP contribution in [0.5, 0.6) is 0 Å². The molecule has 1 aliphatic rings. The van der Waals surface area contributed by atoms with Gasteiger partial charge < -0.3 is 5.32 Å². The fraction of sp³-hybridized carbons (Fsp3) is 0.125. The molecule has 0 radical (unpaired) electrons. The van der Waals surface area contributed by atoms with Crippen molar-refractivity contribution in [1.29, 1.82) is 0 Å². The number of nitrogens with one attached hydrogen (secondary N) is 1. The van der Waals surface area contributed by atoms with Gasteiger partial charge in [0.05, 0.1) is 0 Å². The third-order valence-corrected chi connectivity index (χ3v) is 1.13. The summed E-state index contributed by atoms with van der Waals surface area (Å²) in [5.74, 6) is 0. The van der Waals surface area contributed by atoms with Crippen LogP contribution in [0, 0.1) is 0 Å². The molecule has 1 rings (SSSR count). The Labute approximate surface area is 60.7 Å². The molecule has 10 heavy (non-hydrogen) atoms. The predicted molar refractivity (Wildman–Crippen MR) is 43.7 cm³/mol. The average molecular weight is 134 g/mol. The number of allylic oxidation sites excluding steroid dienone is 2. The maximum Gasteiger partial charge on any atom is 0.0463 e. The van der Waals surface area contributed by atoms with Gasteiger partial charge >= 0.3 is 0 Å². The van der Waals surface area contributed by atoms with Gasteiger partial charge in [0.1, 0.15) is 0 Å². The lowest BCUT2D eigenvalue weighted by Gasteiger charge is -1.99. The van der Waals surface area contributed by atoms with Crippen LogP contribution in [0.2, 0.25) is 0 Å². The zero-order valence-electron chi connectivity index (χ0n) is 5.75. The molecule has 2 nitrogen and oxygen atoms in total. The largest absolute Gasteiger partial charge is 0.363 e. The molecule has 0 aromatic heterocycles. The molecule has 0 saturated heterocycles. The van der Waals surface area contributed by atoms with E-state index in [0.29, 0.717) is 0 Å². The molecule has 52 valence electrons. The molecule has 0 unspecified atom stereocenters. The van der Waals surface area contributed by atoms with Gasteiger partial charge in [-0.3, -0.25) is 4.99 Å². The highest BCUT2D eigenvalue weighted by atomic mass is 14.9. The Morgan fingerprint density at radius 3 is 3.40 bits per heavy atom. The summed E-state index contributed by atoms with van der Waals surface area (Å²) in [4.78, 5) is 3.99. The van der Waals surface area contributed by atoms with Gasteiger partial charge in [0.25, 0.3) is 0 Å². The van der Waals surface area contributed by atoms with E-state index in [4.69, 9.17) is 0 Å². The number of aliphatic imine (C=N–C) groups is 1. The second kappa shape index (κ2) is 3.67. The normalized spacial score (nSPS) is 15.4. The van der Waals surface area contributed by atoms with E-state index in [0.717, 1.165) is 12.1 Å². The minimum absolute atomic E-state index is 0.835. The third-order valence-electron chi connectivity index (χ3n) is 1.13. The van der Waals surface area contributed by atoms with Crippen molar-refractivity contribution < 1.29 is 0 Å². The van der Waals surface area contributed by atoms with Crippen molar-refractivity contribution in [2.24, 2.45) is 4.99 Å². The molecular weight excluding hydrogens is 124 g/mol. The zero-order chi connectivity index (χ0) is 7.23. The lowest BCUT2D eigenvalue weighted by molar-refractivity contribution is 0.990. The highest BCUT2D eigenvalue weighted by Gasteiger charge is 1.89. The molecule has 1 N–H and O–H groups in total. The SMILES string of the molecule is C=CCC1=CN=CC=CN1. The van der Waals surface area contributed by atoms with Crippen LogP contribution in [0.15, 0.2) is 41.8 Å². The smallest absolute Gasteiger partial charge is 0.0463 e. The van der Waals surface area contributed by atoms with Crippen molar-refractivity contribution in [2.75, 3.05) is 0 Å². The highest BCUT2D eigenvalue weighted by Crippen LogP contribution is 1.98. The van der Waals surface area contributed by atoms with Crippen LogP contribution >= 0.6 is 0 Å². The fourth-order valence-corrected chi connectivity index (χ4v) is 0.685. The average Bonchev–Trinajstić information content (AvgIpc) is 2.17. The molecule has 0 bridgehead atoms. The van der Waals surface area contributed by atoms with Crippen LogP contribution in [-0.2, 0) is 0 Å². The van der Waals surface area contributed by atoms with E-state index in [1.54, 1.807) is 12.4 Å². The Morgan fingerprint density at radius 1 is 1.70 bits per heavy atom. The fourth-order valence-electron chi connectivity index (χ4n) is 0.685. The molecule has 1 heterocycles. The molecule has 0 atom stereocenters. The summed E-state index contributed by atoms with van der Waals surface area (Å²) < 4.78 is 0. The molecular formula is C8H10N2.